The second kappa shape index (κ2) is 14.5. The minimum Gasteiger partial charge on any atom is -0.328 e. The Bertz CT molecular complexity index is 1870. The Labute approximate surface area is 281 Å². The van der Waals surface area contributed by atoms with E-state index >= 15 is 0 Å². The van der Waals surface area contributed by atoms with Gasteiger partial charge in [-0.2, -0.15) is 0 Å². The molecule has 1 amide bonds. The van der Waals surface area contributed by atoms with Crippen molar-refractivity contribution in [2.24, 2.45) is 0 Å². The summed E-state index contributed by atoms with van der Waals surface area (Å²) in [7, 11) is -1.67. The van der Waals surface area contributed by atoms with Crippen LogP contribution in [0.5, 0.6) is 0 Å². The van der Waals surface area contributed by atoms with E-state index in [0.717, 1.165) is 33.9 Å². The summed E-state index contributed by atoms with van der Waals surface area (Å²) in [6.45, 7) is 10.3. The van der Waals surface area contributed by atoms with E-state index in [2.05, 4.69) is 178 Å². The summed E-state index contributed by atoms with van der Waals surface area (Å²) in [5, 5.41) is 9.62. The number of carbonyl (C=O) groups excluding carboxylic acids is 1. The highest BCUT2D eigenvalue weighted by Crippen LogP contribution is 2.40. The topological polar surface area (TPSA) is 34.0 Å². The number of nitrogens with one attached hydrogen (secondary N) is 1. The number of amides is 1. The van der Waals surface area contributed by atoms with Crippen molar-refractivity contribution in [2.45, 2.75) is 32.5 Å². The van der Waals surface area contributed by atoms with Crippen LogP contribution in [-0.4, -0.2) is 10.6 Å². The van der Waals surface area contributed by atoms with Gasteiger partial charge in [-0.15, -0.1) is 0 Å². The standard InChI is InChI=1S/C42H40N2OP2/c1-32(2)33-18-17-19-34(28-33)42(3,4)43-41(45)44-30-40(47(38-24-13-7-14-25-38)39-26-15-8-16-27-39)29-35(44)31-46(36-20-9-5-10-21-36)37-22-11-6-12-23-37/h5-30H,1,31H2,2-4H3,(H,43,45). The van der Waals surface area contributed by atoms with Gasteiger partial charge in [-0.3, -0.25) is 4.57 Å². The van der Waals surface area contributed by atoms with Gasteiger partial charge in [0.2, 0.25) is 0 Å². The van der Waals surface area contributed by atoms with Crippen molar-refractivity contribution in [3.8, 4) is 0 Å². The van der Waals surface area contributed by atoms with Crippen molar-refractivity contribution < 1.29 is 4.79 Å². The van der Waals surface area contributed by atoms with Crippen LogP contribution >= 0.6 is 15.8 Å². The molecule has 1 N–H and O–H groups in total. The Kier molecular flexibility index (Phi) is 9.98. The summed E-state index contributed by atoms with van der Waals surface area (Å²) in [6, 6.07) is 53.2. The summed E-state index contributed by atoms with van der Waals surface area (Å²) in [6.07, 6.45) is 2.81. The molecule has 0 aliphatic carbocycles. The second-order valence-electron chi connectivity index (χ2n) is 12.2. The number of nitrogens with zero attached hydrogens (tertiary/aromatic N) is 1. The highest BCUT2D eigenvalue weighted by molar-refractivity contribution is 7.79. The van der Waals surface area contributed by atoms with E-state index in [1.807, 2.05) is 17.6 Å². The lowest BCUT2D eigenvalue weighted by Crippen LogP contribution is -2.43. The Balaban J connectivity index is 1.46. The summed E-state index contributed by atoms with van der Waals surface area (Å²) < 4.78 is 1.88. The van der Waals surface area contributed by atoms with Gasteiger partial charge in [-0.1, -0.05) is 152 Å². The molecule has 0 aliphatic heterocycles. The van der Waals surface area contributed by atoms with Crippen molar-refractivity contribution in [1.82, 2.24) is 9.88 Å². The van der Waals surface area contributed by atoms with E-state index in [4.69, 9.17) is 0 Å². The molecular weight excluding hydrogens is 610 g/mol. The van der Waals surface area contributed by atoms with Gasteiger partial charge >= 0.3 is 6.03 Å². The predicted octanol–water partition coefficient (Wildman–Crippen LogP) is 8.41. The largest absolute Gasteiger partial charge is 0.328 e. The van der Waals surface area contributed by atoms with Crippen LogP contribution in [0.25, 0.3) is 5.57 Å². The number of benzene rings is 5. The zero-order valence-corrected chi connectivity index (χ0v) is 29.0. The predicted molar refractivity (Wildman–Crippen MR) is 204 cm³/mol. The normalized spacial score (nSPS) is 11.5. The number of carbonyl (C=O) groups is 1. The molecule has 1 aromatic heterocycles. The lowest BCUT2D eigenvalue weighted by molar-refractivity contribution is 0.231. The maximum absolute atomic E-state index is 14.5. The summed E-state index contributed by atoms with van der Waals surface area (Å²) in [5.41, 5.74) is 3.49. The summed E-state index contributed by atoms with van der Waals surface area (Å²) in [4.78, 5) is 14.5. The lowest BCUT2D eigenvalue weighted by atomic mass is 9.92. The molecule has 0 bridgehead atoms. The van der Waals surface area contributed by atoms with E-state index in [9.17, 15) is 4.79 Å². The van der Waals surface area contributed by atoms with Crippen molar-refractivity contribution in [3.05, 3.63) is 181 Å². The fourth-order valence-electron chi connectivity index (χ4n) is 5.81. The molecule has 0 unspecified atom stereocenters. The third-order valence-electron chi connectivity index (χ3n) is 8.34. The Hall–Kier alpha value is -4.55. The molecule has 3 nitrogen and oxygen atoms in total. The van der Waals surface area contributed by atoms with Gasteiger partial charge in [0, 0.05) is 23.4 Å². The van der Waals surface area contributed by atoms with E-state index < -0.39 is 21.4 Å². The maximum Gasteiger partial charge on any atom is 0.326 e. The maximum atomic E-state index is 14.5. The van der Waals surface area contributed by atoms with Crippen molar-refractivity contribution in [3.63, 3.8) is 0 Å². The van der Waals surface area contributed by atoms with Crippen LogP contribution < -0.4 is 31.8 Å². The van der Waals surface area contributed by atoms with E-state index in [1.54, 1.807) is 0 Å². The lowest BCUT2D eigenvalue weighted by Gasteiger charge is -2.28. The fourth-order valence-corrected chi connectivity index (χ4v) is 10.4. The average molecular weight is 651 g/mol. The first-order valence-corrected chi connectivity index (χ1v) is 18.7. The third kappa shape index (κ3) is 7.55. The molecule has 6 rings (SSSR count). The number of aromatic nitrogens is 1. The van der Waals surface area contributed by atoms with Gasteiger partial charge in [-0.05, 0) is 81.1 Å². The van der Waals surface area contributed by atoms with Gasteiger partial charge in [0.1, 0.15) is 0 Å². The first kappa shape index (κ1) is 32.4. The monoisotopic (exact) mass is 650 g/mol. The van der Waals surface area contributed by atoms with Crippen molar-refractivity contribution in [2.75, 3.05) is 0 Å². The van der Waals surface area contributed by atoms with Crippen LogP contribution in [0, 0.1) is 0 Å². The molecule has 1 heterocycles. The quantitative estimate of drug-likeness (QED) is 0.149. The molecule has 0 saturated heterocycles. The summed E-state index contributed by atoms with van der Waals surface area (Å²) >= 11 is 0. The molecule has 0 fully saturated rings. The van der Waals surface area contributed by atoms with Gasteiger partial charge < -0.3 is 5.32 Å². The number of rotatable bonds is 10. The van der Waals surface area contributed by atoms with Crippen LogP contribution in [0.2, 0.25) is 0 Å². The van der Waals surface area contributed by atoms with Crippen LogP contribution in [0.15, 0.2) is 164 Å². The zero-order valence-electron chi connectivity index (χ0n) is 27.2. The van der Waals surface area contributed by atoms with Crippen molar-refractivity contribution in [1.29, 1.82) is 0 Å². The zero-order chi connectivity index (χ0) is 32.8. The molecule has 6 aromatic rings. The first-order chi connectivity index (χ1) is 22.8. The molecule has 5 aromatic carbocycles. The molecule has 234 valence electrons. The molecular formula is C42H40N2OP2. The number of hydrogen-bond donors (Lipinski definition) is 1. The van der Waals surface area contributed by atoms with Crippen LogP contribution in [-0.2, 0) is 11.7 Å². The third-order valence-corrected chi connectivity index (χ3v) is 13.2. The van der Waals surface area contributed by atoms with Crippen molar-refractivity contribution >= 4 is 54.0 Å². The summed E-state index contributed by atoms with van der Waals surface area (Å²) in [5.74, 6) is 0. The van der Waals surface area contributed by atoms with Crippen LogP contribution in [0.1, 0.15) is 37.6 Å². The molecule has 0 aliphatic rings. The van der Waals surface area contributed by atoms with Crippen LogP contribution in [0.4, 0.5) is 4.79 Å². The molecule has 0 atom stereocenters. The van der Waals surface area contributed by atoms with Gasteiger partial charge in [-0.25, -0.2) is 4.79 Å². The molecule has 47 heavy (non-hydrogen) atoms. The minimum absolute atomic E-state index is 0.135. The van der Waals surface area contributed by atoms with Crippen LogP contribution in [0.3, 0.4) is 0 Å². The van der Waals surface area contributed by atoms with Gasteiger partial charge in [0.15, 0.2) is 0 Å². The molecule has 5 heteroatoms. The first-order valence-electron chi connectivity index (χ1n) is 15.9. The molecule has 0 spiro atoms. The number of allylic oxidation sites excluding steroid dienone is 1. The Morgan fingerprint density at radius 1 is 0.660 bits per heavy atom. The molecule has 0 saturated carbocycles. The highest BCUT2D eigenvalue weighted by atomic mass is 31.1. The minimum atomic E-state index is -0.892. The Morgan fingerprint density at radius 2 is 1.15 bits per heavy atom. The van der Waals surface area contributed by atoms with E-state index in [1.165, 1.54) is 21.2 Å². The number of hydrogen-bond acceptors (Lipinski definition) is 1. The fraction of sp³-hybridized carbons (Fsp3) is 0.119. The van der Waals surface area contributed by atoms with Gasteiger partial charge in [0.25, 0.3) is 0 Å². The average Bonchev–Trinajstić information content (AvgIpc) is 3.52. The SMILES string of the molecule is C=C(C)c1cccc(C(C)(C)NC(=O)n2cc(P(c3ccccc3)c3ccccc3)cc2CP(c2ccccc2)c2ccccc2)c1. The molecule has 0 radical (unpaired) electrons. The van der Waals surface area contributed by atoms with E-state index in [-0.39, 0.29) is 6.03 Å². The van der Waals surface area contributed by atoms with Gasteiger partial charge in [0.05, 0.1) is 5.54 Å². The smallest absolute Gasteiger partial charge is 0.326 e. The van der Waals surface area contributed by atoms with E-state index in [0.29, 0.717) is 0 Å². The highest BCUT2D eigenvalue weighted by Gasteiger charge is 2.28. The Morgan fingerprint density at radius 3 is 1.64 bits per heavy atom. The second-order valence-corrected chi connectivity index (χ2v) is 16.7.